The molecule has 0 spiro atoms. The van der Waals surface area contributed by atoms with E-state index in [1.807, 2.05) is 97.1 Å². The lowest BCUT2D eigenvalue weighted by Crippen LogP contribution is -2.59. The summed E-state index contributed by atoms with van der Waals surface area (Å²) in [7, 11) is 0. The number of benzene rings is 4. The average molecular weight is 551 g/mol. The van der Waals surface area contributed by atoms with Crippen molar-refractivity contribution in [2.45, 2.75) is 30.5 Å². The van der Waals surface area contributed by atoms with E-state index in [2.05, 4.69) is 0 Å². The van der Waals surface area contributed by atoms with Gasteiger partial charge in [-0.1, -0.05) is 84.9 Å². The molecular weight excluding hydrogens is 520 g/mol. The van der Waals surface area contributed by atoms with E-state index in [0.717, 1.165) is 38.6 Å². The van der Waals surface area contributed by atoms with Crippen LogP contribution in [0.3, 0.4) is 0 Å². The van der Waals surface area contributed by atoms with E-state index in [-0.39, 0.29) is 12.4 Å². The Morgan fingerprint density at radius 3 is 2.12 bits per heavy atom. The van der Waals surface area contributed by atoms with Crippen molar-refractivity contribution in [3.63, 3.8) is 0 Å². The SMILES string of the molecule is O=C1C=C/C(=C(/c2ccccc2)c2ccc(OC[C@@H]3OC(CO)[C@H](O)[C@H](O)C3O)c3ccccc23)c2ccccc21. The Labute approximate surface area is 237 Å². The Bertz CT molecular complexity index is 1640. The molecule has 1 saturated heterocycles. The summed E-state index contributed by atoms with van der Waals surface area (Å²) in [6, 6.07) is 29.3. The molecule has 4 N–H and O–H groups in total. The molecule has 0 radical (unpaired) electrons. The minimum atomic E-state index is -1.47. The van der Waals surface area contributed by atoms with Gasteiger partial charge in [0, 0.05) is 10.9 Å². The molecule has 0 aromatic heterocycles. The second-order valence-corrected chi connectivity index (χ2v) is 10.2. The number of hydrogen-bond donors (Lipinski definition) is 4. The lowest BCUT2D eigenvalue weighted by Gasteiger charge is -2.39. The Morgan fingerprint density at radius 1 is 0.707 bits per heavy atom. The van der Waals surface area contributed by atoms with E-state index in [1.54, 1.807) is 6.08 Å². The molecule has 5 atom stereocenters. The van der Waals surface area contributed by atoms with Crippen LogP contribution in [0.2, 0.25) is 0 Å². The largest absolute Gasteiger partial charge is 0.490 e. The van der Waals surface area contributed by atoms with Crippen LogP contribution in [0.25, 0.3) is 21.9 Å². The lowest BCUT2D eigenvalue weighted by molar-refractivity contribution is -0.234. The van der Waals surface area contributed by atoms with Crippen molar-refractivity contribution in [3.8, 4) is 5.75 Å². The van der Waals surface area contributed by atoms with E-state index in [9.17, 15) is 25.2 Å². The second-order valence-electron chi connectivity index (χ2n) is 10.2. The van der Waals surface area contributed by atoms with E-state index in [1.165, 1.54) is 0 Å². The van der Waals surface area contributed by atoms with Gasteiger partial charge in [0.2, 0.25) is 0 Å². The molecule has 0 saturated carbocycles. The highest BCUT2D eigenvalue weighted by atomic mass is 16.6. The number of fused-ring (bicyclic) bond motifs is 2. The smallest absolute Gasteiger partial charge is 0.186 e. The van der Waals surface area contributed by atoms with E-state index < -0.39 is 37.1 Å². The highest BCUT2D eigenvalue weighted by Crippen LogP contribution is 2.41. The molecule has 1 aliphatic heterocycles. The third-order valence-corrected chi connectivity index (χ3v) is 7.76. The molecular formula is C34H30O7. The van der Waals surface area contributed by atoms with Crippen LogP contribution in [0.1, 0.15) is 27.0 Å². The summed E-state index contributed by atoms with van der Waals surface area (Å²) in [5.74, 6) is 0.520. The average Bonchev–Trinajstić information content (AvgIpc) is 3.02. The molecule has 2 unspecified atom stereocenters. The maximum atomic E-state index is 12.7. The first-order valence-electron chi connectivity index (χ1n) is 13.5. The first kappa shape index (κ1) is 27.1. The predicted molar refractivity (Wildman–Crippen MR) is 155 cm³/mol. The summed E-state index contributed by atoms with van der Waals surface area (Å²) in [5, 5.41) is 42.0. The zero-order valence-corrected chi connectivity index (χ0v) is 22.1. The fourth-order valence-corrected chi connectivity index (χ4v) is 5.65. The van der Waals surface area contributed by atoms with Crippen molar-refractivity contribution in [2.75, 3.05) is 13.2 Å². The van der Waals surface area contributed by atoms with Crippen molar-refractivity contribution in [3.05, 3.63) is 125 Å². The Kier molecular flexibility index (Phi) is 7.53. The molecule has 7 nitrogen and oxygen atoms in total. The van der Waals surface area contributed by atoms with Gasteiger partial charge in [-0.15, -0.1) is 0 Å². The molecule has 1 aliphatic carbocycles. The van der Waals surface area contributed by atoms with Crippen LogP contribution < -0.4 is 4.74 Å². The van der Waals surface area contributed by atoms with Crippen LogP contribution >= 0.6 is 0 Å². The zero-order chi connectivity index (χ0) is 28.5. The first-order valence-corrected chi connectivity index (χ1v) is 13.5. The van der Waals surface area contributed by atoms with Crippen molar-refractivity contribution < 1.29 is 34.7 Å². The van der Waals surface area contributed by atoms with Crippen molar-refractivity contribution >= 4 is 27.7 Å². The normalized spacial score (nSPS) is 25.2. The minimum Gasteiger partial charge on any atom is -0.490 e. The van der Waals surface area contributed by atoms with Gasteiger partial charge in [-0.25, -0.2) is 0 Å². The van der Waals surface area contributed by atoms with Gasteiger partial charge in [0.15, 0.2) is 5.78 Å². The number of aliphatic hydroxyl groups excluding tert-OH is 4. The standard InChI is InChI=1S/C34H30O7/c35-18-29-32(37)34(39)33(38)30(41-29)19-40-28-17-15-26(22-11-5-7-13-24(22)28)31(20-8-2-1-3-9-20)25-14-16-27(36)23-12-6-4-10-21(23)25/h1-17,29-30,32-35,37-39H,18-19H2/b31-25+/t29?,30-,32-,33?,34-/m0/s1. The number of rotatable bonds is 6. The molecule has 41 heavy (non-hydrogen) atoms. The fraction of sp³-hybridized carbons (Fsp3) is 0.206. The summed E-state index contributed by atoms with van der Waals surface area (Å²) in [5.41, 5.74) is 5.38. The Hall–Kier alpha value is -4.11. The minimum absolute atomic E-state index is 0.0291. The van der Waals surface area contributed by atoms with Crippen molar-refractivity contribution in [1.82, 2.24) is 0 Å². The third-order valence-electron chi connectivity index (χ3n) is 7.76. The van der Waals surface area contributed by atoms with Crippen molar-refractivity contribution in [1.29, 1.82) is 0 Å². The molecule has 4 aromatic rings. The first-order chi connectivity index (χ1) is 20.0. The molecule has 1 heterocycles. The van der Waals surface area contributed by atoms with Crippen molar-refractivity contribution in [2.24, 2.45) is 0 Å². The Morgan fingerprint density at radius 2 is 1.37 bits per heavy atom. The van der Waals surface area contributed by atoms with Crippen LogP contribution in [-0.2, 0) is 4.74 Å². The second kappa shape index (κ2) is 11.4. The summed E-state index contributed by atoms with van der Waals surface area (Å²) in [6.07, 6.45) is -2.73. The molecule has 0 bridgehead atoms. The number of aliphatic hydroxyl groups is 4. The molecule has 6 rings (SSSR count). The molecule has 2 aliphatic rings. The number of ketones is 1. The van der Waals surface area contributed by atoms with E-state index >= 15 is 0 Å². The fourth-order valence-electron chi connectivity index (χ4n) is 5.65. The van der Waals surface area contributed by atoms with Gasteiger partial charge in [-0.2, -0.15) is 0 Å². The number of carbonyl (C=O) groups excluding carboxylic acids is 1. The molecule has 4 aromatic carbocycles. The number of hydrogen-bond acceptors (Lipinski definition) is 7. The van der Waals surface area contributed by atoms with Gasteiger partial charge in [-0.05, 0) is 51.4 Å². The van der Waals surface area contributed by atoms with Gasteiger partial charge < -0.3 is 29.9 Å². The van der Waals surface area contributed by atoms with Gasteiger partial charge in [0.25, 0.3) is 0 Å². The zero-order valence-electron chi connectivity index (χ0n) is 22.1. The summed E-state index contributed by atoms with van der Waals surface area (Å²) in [4.78, 5) is 12.7. The maximum absolute atomic E-state index is 12.7. The van der Waals surface area contributed by atoms with Gasteiger partial charge in [0.1, 0.15) is 42.9 Å². The number of carbonyl (C=O) groups is 1. The van der Waals surface area contributed by atoms with Gasteiger partial charge >= 0.3 is 0 Å². The quantitative estimate of drug-likeness (QED) is 0.289. The molecule has 7 heteroatoms. The van der Waals surface area contributed by atoms with Gasteiger partial charge in [0.05, 0.1) is 6.61 Å². The number of allylic oxidation sites excluding steroid dienone is 3. The third kappa shape index (κ3) is 4.99. The number of ether oxygens (including phenoxy) is 2. The predicted octanol–water partition coefficient (Wildman–Crippen LogP) is 3.77. The molecule has 208 valence electrons. The summed E-state index contributed by atoms with van der Waals surface area (Å²) < 4.78 is 11.8. The van der Waals surface area contributed by atoms with Crippen LogP contribution in [0.15, 0.2) is 103 Å². The van der Waals surface area contributed by atoms with Crippen LogP contribution in [0.5, 0.6) is 5.75 Å². The highest BCUT2D eigenvalue weighted by Gasteiger charge is 2.43. The molecule has 1 fully saturated rings. The maximum Gasteiger partial charge on any atom is 0.186 e. The topological polar surface area (TPSA) is 116 Å². The summed E-state index contributed by atoms with van der Waals surface area (Å²) >= 11 is 0. The summed E-state index contributed by atoms with van der Waals surface area (Å²) in [6.45, 7) is -0.602. The van der Waals surface area contributed by atoms with Gasteiger partial charge in [-0.3, -0.25) is 4.79 Å². The Balaban J connectivity index is 1.44. The highest BCUT2D eigenvalue weighted by molar-refractivity contribution is 6.18. The van der Waals surface area contributed by atoms with Crippen LogP contribution in [0, 0.1) is 0 Å². The lowest BCUT2D eigenvalue weighted by atomic mass is 9.82. The van der Waals surface area contributed by atoms with E-state index in [4.69, 9.17) is 9.47 Å². The van der Waals surface area contributed by atoms with E-state index in [0.29, 0.717) is 11.3 Å². The van der Waals surface area contributed by atoms with Crippen LogP contribution in [-0.4, -0.2) is 69.9 Å². The molecule has 0 amide bonds. The van der Waals surface area contributed by atoms with Crippen LogP contribution in [0.4, 0.5) is 0 Å². The monoisotopic (exact) mass is 550 g/mol.